The van der Waals surface area contributed by atoms with Gasteiger partial charge >= 0.3 is 0 Å². The van der Waals surface area contributed by atoms with E-state index in [1.54, 1.807) is 0 Å². The highest BCUT2D eigenvalue weighted by Crippen LogP contribution is 2.08. The molecule has 0 saturated carbocycles. The minimum Gasteiger partial charge on any atom is -0.444 e. The number of hydrogen-bond donors (Lipinski definition) is 1. The summed E-state index contributed by atoms with van der Waals surface area (Å²) in [7, 11) is 1.95. The number of hydrogen-bond acceptors (Lipinski definition) is 4. The van der Waals surface area contributed by atoms with Crippen molar-refractivity contribution >= 4 is 0 Å². The van der Waals surface area contributed by atoms with Crippen LogP contribution in [0.25, 0.3) is 0 Å². The van der Waals surface area contributed by atoms with Gasteiger partial charge in [-0.15, -0.1) is 0 Å². The molecule has 0 aromatic carbocycles. The quantitative estimate of drug-likeness (QED) is 0.873. The molecule has 92 valence electrons. The van der Waals surface area contributed by atoms with Crippen molar-refractivity contribution in [3.63, 3.8) is 0 Å². The molecule has 0 atom stereocenters. The highest BCUT2D eigenvalue weighted by atomic mass is 16.4. The van der Waals surface area contributed by atoms with E-state index < -0.39 is 0 Å². The number of nitrogens with one attached hydrogen (secondary N) is 1. The Balaban J connectivity index is 1.89. The fourth-order valence-corrected chi connectivity index (χ4v) is 1.74. The number of aryl methyl sites for hydroxylation is 4. The van der Waals surface area contributed by atoms with Gasteiger partial charge in [-0.05, 0) is 26.8 Å². The SMILES string of the molecule is Cc1cc(CNCc2nc(C)c(C)o2)n(C)n1. The van der Waals surface area contributed by atoms with Crippen LogP contribution in [0.3, 0.4) is 0 Å². The van der Waals surface area contributed by atoms with Crippen molar-refractivity contribution in [2.75, 3.05) is 0 Å². The third-order valence-corrected chi connectivity index (χ3v) is 2.75. The Labute approximate surface area is 101 Å². The predicted molar refractivity (Wildman–Crippen MR) is 64.5 cm³/mol. The average molecular weight is 234 g/mol. The van der Waals surface area contributed by atoms with Crippen molar-refractivity contribution in [2.24, 2.45) is 7.05 Å². The molecule has 0 bridgehead atoms. The van der Waals surface area contributed by atoms with Crippen LogP contribution in [0.1, 0.15) is 28.7 Å². The summed E-state index contributed by atoms with van der Waals surface area (Å²) < 4.78 is 7.37. The van der Waals surface area contributed by atoms with Gasteiger partial charge in [0.05, 0.1) is 23.6 Å². The van der Waals surface area contributed by atoms with E-state index in [1.165, 1.54) is 0 Å². The van der Waals surface area contributed by atoms with Gasteiger partial charge in [0.2, 0.25) is 5.89 Å². The Morgan fingerprint density at radius 1 is 1.29 bits per heavy atom. The summed E-state index contributed by atoms with van der Waals surface area (Å²) in [5.41, 5.74) is 3.15. The third kappa shape index (κ3) is 2.74. The van der Waals surface area contributed by atoms with Gasteiger partial charge in [-0.25, -0.2) is 4.98 Å². The van der Waals surface area contributed by atoms with Crippen LogP contribution in [-0.4, -0.2) is 14.8 Å². The second-order valence-electron chi connectivity index (χ2n) is 4.25. The molecule has 2 aromatic heterocycles. The molecule has 1 N–H and O–H groups in total. The summed E-state index contributed by atoms with van der Waals surface area (Å²) in [4.78, 5) is 4.32. The third-order valence-electron chi connectivity index (χ3n) is 2.75. The molecule has 5 heteroatoms. The topological polar surface area (TPSA) is 55.9 Å². The van der Waals surface area contributed by atoms with Crippen molar-refractivity contribution in [3.8, 4) is 0 Å². The Bertz CT molecular complexity index is 493. The fourth-order valence-electron chi connectivity index (χ4n) is 1.74. The highest BCUT2D eigenvalue weighted by Gasteiger charge is 2.06. The summed E-state index contributed by atoms with van der Waals surface area (Å²) in [5, 5.41) is 7.59. The fraction of sp³-hybridized carbons (Fsp3) is 0.500. The maximum atomic E-state index is 5.49. The van der Waals surface area contributed by atoms with E-state index >= 15 is 0 Å². The number of rotatable bonds is 4. The molecule has 17 heavy (non-hydrogen) atoms. The lowest BCUT2D eigenvalue weighted by Crippen LogP contribution is -2.15. The first kappa shape index (κ1) is 11.9. The smallest absolute Gasteiger partial charge is 0.208 e. The molecule has 2 heterocycles. The Morgan fingerprint density at radius 3 is 2.59 bits per heavy atom. The Morgan fingerprint density at radius 2 is 2.06 bits per heavy atom. The summed E-state index contributed by atoms with van der Waals surface area (Å²) in [6.07, 6.45) is 0. The van der Waals surface area contributed by atoms with Gasteiger partial charge in [-0.1, -0.05) is 0 Å². The van der Waals surface area contributed by atoms with Crippen molar-refractivity contribution in [3.05, 3.63) is 34.8 Å². The molecule has 0 aliphatic carbocycles. The molecule has 0 aliphatic rings. The van der Waals surface area contributed by atoms with Crippen LogP contribution in [0.4, 0.5) is 0 Å². The van der Waals surface area contributed by atoms with Gasteiger partial charge < -0.3 is 9.73 Å². The molecular formula is C12H18N4O. The summed E-state index contributed by atoms with van der Waals surface area (Å²) in [6, 6.07) is 2.07. The van der Waals surface area contributed by atoms with E-state index in [0.717, 1.165) is 35.3 Å². The lowest BCUT2D eigenvalue weighted by atomic mass is 10.3. The molecule has 0 amide bonds. The normalized spacial score (nSPS) is 11.1. The molecule has 0 spiro atoms. The predicted octanol–water partition coefficient (Wildman–Crippen LogP) is 1.62. The zero-order chi connectivity index (χ0) is 12.4. The second-order valence-corrected chi connectivity index (χ2v) is 4.25. The minimum absolute atomic E-state index is 0.638. The van der Waals surface area contributed by atoms with Gasteiger partial charge in [-0.2, -0.15) is 5.10 Å². The largest absolute Gasteiger partial charge is 0.444 e. The van der Waals surface area contributed by atoms with Gasteiger partial charge in [0, 0.05) is 13.6 Å². The molecule has 2 aromatic rings. The Kier molecular flexibility index (Phi) is 3.28. The number of nitrogens with zero attached hydrogens (tertiary/aromatic N) is 3. The summed E-state index contributed by atoms with van der Waals surface area (Å²) in [6.45, 7) is 7.27. The standard InChI is InChI=1S/C12H18N4O/c1-8-5-11(16(4)15-8)6-13-7-12-14-9(2)10(3)17-12/h5,13H,6-7H2,1-4H3. The number of aromatic nitrogens is 3. The first-order valence-corrected chi connectivity index (χ1v) is 5.69. The molecule has 0 saturated heterocycles. The van der Waals surface area contributed by atoms with E-state index in [4.69, 9.17) is 4.42 Å². The van der Waals surface area contributed by atoms with Crippen LogP contribution in [0.15, 0.2) is 10.5 Å². The minimum atomic E-state index is 0.638. The average Bonchev–Trinajstić information content (AvgIpc) is 2.72. The first-order chi connectivity index (χ1) is 8.06. The Hall–Kier alpha value is -1.62. The zero-order valence-electron chi connectivity index (χ0n) is 10.7. The first-order valence-electron chi connectivity index (χ1n) is 5.69. The van der Waals surface area contributed by atoms with Gasteiger partial charge in [-0.3, -0.25) is 4.68 Å². The monoisotopic (exact) mass is 234 g/mol. The van der Waals surface area contributed by atoms with E-state index in [9.17, 15) is 0 Å². The lowest BCUT2D eigenvalue weighted by Gasteiger charge is -2.02. The summed E-state index contributed by atoms with van der Waals surface area (Å²) in [5.74, 6) is 1.62. The van der Waals surface area contributed by atoms with Gasteiger partial charge in [0.1, 0.15) is 5.76 Å². The molecular weight excluding hydrogens is 216 g/mol. The van der Waals surface area contributed by atoms with Crippen LogP contribution in [0.5, 0.6) is 0 Å². The van der Waals surface area contributed by atoms with Gasteiger partial charge in [0.25, 0.3) is 0 Å². The molecule has 0 aliphatic heterocycles. The molecule has 0 radical (unpaired) electrons. The van der Waals surface area contributed by atoms with Crippen LogP contribution in [0, 0.1) is 20.8 Å². The summed E-state index contributed by atoms with van der Waals surface area (Å²) >= 11 is 0. The van der Waals surface area contributed by atoms with Crippen molar-refractivity contribution < 1.29 is 4.42 Å². The zero-order valence-corrected chi connectivity index (χ0v) is 10.7. The van der Waals surface area contributed by atoms with E-state index in [-0.39, 0.29) is 0 Å². The molecule has 0 unspecified atom stereocenters. The second kappa shape index (κ2) is 4.71. The molecule has 0 fully saturated rings. The molecule has 5 nitrogen and oxygen atoms in total. The number of oxazole rings is 1. The van der Waals surface area contributed by atoms with Crippen LogP contribution in [-0.2, 0) is 20.1 Å². The van der Waals surface area contributed by atoms with Crippen LogP contribution < -0.4 is 5.32 Å². The van der Waals surface area contributed by atoms with E-state index in [2.05, 4.69) is 21.5 Å². The van der Waals surface area contributed by atoms with Crippen molar-refractivity contribution in [1.82, 2.24) is 20.1 Å². The van der Waals surface area contributed by atoms with Gasteiger partial charge in [0.15, 0.2) is 0 Å². The van der Waals surface area contributed by atoms with Crippen molar-refractivity contribution in [1.29, 1.82) is 0 Å². The molecule has 2 rings (SSSR count). The maximum Gasteiger partial charge on any atom is 0.208 e. The highest BCUT2D eigenvalue weighted by molar-refractivity contribution is 5.08. The van der Waals surface area contributed by atoms with Crippen LogP contribution in [0.2, 0.25) is 0 Å². The van der Waals surface area contributed by atoms with Crippen molar-refractivity contribution in [2.45, 2.75) is 33.9 Å². The van der Waals surface area contributed by atoms with E-state index in [0.29, 0.717) is 6.54 Å². The maximum absolute atomic E-state index is 5.49. The van der Waals surface area contributed by atoms with E-state index in [1.807, 2.05) is 32.5 Å². The van der Waals surface area contributed by atoms with Crippen LogP contribution >= 0.6 is 0 Å². The lowest BCUT2D eigenvalue weighted by molar-refractivity contribution is 0.446.